The van der Waals surface area contributed by atoms with Crippen LogP contribution in [0.3, 0.4) is 0 Å². The monoisotopic (exact) mass is 372 g/mol. The highest BCUT2D eigenvalue weighted by atomic mass is 16.6. The summed E-state index contributed by atoms with van der Waals surface area (Å²) in [6.07, 6.45) is 4.24. The number of ether oxygens (including phenoxy) is 5. The highest BCUT2D eigenvalue weighted by Crippen LogP contribution is 2.27. The average Bonchev–Trinajstić information content (AvgIpc) is 2.70. The third-order valence-electron chi connectivity index (χ3n) is 4.22. The van der Waals surface area contributed by atoms with E-state index in [1.54, 1.807) is 0 Å². The zero-order valence-electron chi connectivity index (χ0n) is 15.7. The molecule has 0 bridgehead atoms. The van der Waals surface area contributed by atoms with Gasteiger partial charge in [0.15, 0.2) is 23.0 Å². The van der Waals surface area contributed by atoms with E-state index in [1.165, 1.54) is 0 Å². The summed E-state index contributed by atoms with van der Waals surface area (Å²) < 4.78 is 29.0. The van der Waals surface area contributed by atoms with Gasteiger partial charge in [-0.2, -0.15) is 0 Å². The molecule has 2 aromatic carbocycles. The molecule has 0 atom stereocenters. The van der Waals surface area contributed by atoms with Gasteiger partial charge in [-0.1, -0.05) is 24.3 Å². The number of para-hydroxylation sites is 4. The van der Waals surface area contributed by atoms with Gasteiger partial charge in [0, 0.05) is 0 Å². The predicted molar refractivity (Wildman–Crippen MR) is 104 cm³/mol. The molecule has 0 radical (unpaired) electrons. The van der Waals surface area contributed by atoms with Crippen molar-refractivity contribution in [3.63, 3.8) is 0 Å². The summed E-state index contributed by atoms with van der Waals surface area (Å²) >= 11 is 0. The molecule has 0 fully saturated rings. The largest absolute Gasteiger partial charge is 0.490 e. The Morgan fingerprint density at radius 1 is 0.407 bits per heavy atom. The van der Waals surface area contributed by atoms with E-state index in [1.807, 2.05) is 48.5 Å². The summed E-state index contributed by atoms with van der Waals surface area (Å²) in [5.41, 5.74) is 0. The number of hydrogen-bond acceptors (Lipinski definition) is 5. The maximum atomic E-state index is 5.88. The number of fused-ring (bicyclic) bond motifs is 2. The van der Waals surface area contributed by atoms with Crippen LogP contribution < -0.4 is 18.9 Å². The topological polar surface area (TPSA) is 46.2 Å². The van der Waals surface area contributed by atoms with Crippen LogP contribution in [0.2, 0.25) is 0 Å². The van der Waals surface area contributed by atoms with E-state index in [0.29, 0.717) is 39.6 Å². The van der Waals surface area contributed by atoms with Crippen molar-refractivity contribution < 1.29 is 23.7 Å². The van der Waals surface area contributed by atoms with Gasteiger partial charge < -0.3 is 23.7 Å². The van der Waals surface area contributed by atoms with Gasteiger partial charge in [-0.25, -0.2) is 0 Å². The van der Waals surface area contributed by atoms with Gasteiger partial charge in [-0.15, -0.1) is 0 Å². The first kappa shape index (κ1) is 19.4. The van der Waals surface area contributed by atoms with Crippen molar-refractivity contribution in [2.75, 3.05) is 39.6 Å². The normalized spacial score (nSPS) is 17.2. The van der Waals surface area contributed by atoms with Crippen LogP contribution in [0.25, 0.3) is 0 Å². The van der Waals surface area contributed by atoms with E-state index in [2.05, 4.69) is 0 Å². The lowest BCUT2D eigenvalue weighted by Gasteiger charge is -2.13. The van der Waals surface area contributed by atoms with Crippen LogP contribution in [0.15, 0.2) is 48.5 Å². The summed E-state index contributed by atoms with van der Waals surface area (Å²) in [6.45, 7) is 3.31. The van der Waals surface area contributed by atoms with Gasteiger partial charge in [0.2, 0.25) is 0 Å². The molecule has 5 nitrogen and oxygen atoms in total. The first-order chi connectivity index (χ1) is 13.4. The molecule has 146 valence electrons. The minimum absolute atomic E-state index is 0.472. The fraction of sp³-hybridized carbons (Fsp3) is 0.455. The Bertz CT molecular complexity index is 616. The van der Waals surface area contributed by atoms with Gasteiger partial charge in [-0.05, 0) is 49.9 Å². The Hall–Kier alpha value is -2.40. The molecule has 5 heteroatoms. The fourth-order valence-electron chi connectivity index (χ4n) is 2.82. The Labute approximate surface area is 161 Å². The number of rotatable bonds is 0. The second kappa shape index (κ2) is 11.3. The summed E-state index contributed by atoms with van der Waals surface area (Å²) in [6, 6.07) is 15.5. The molecule has 0 unspecified atom stereocenters. The van der Waals surface area contributed by atoms with E-state index < -0.39 is 0 Å². The minimum Gasteiger partial charge on any atom is -0.490 e. The summed E-state index contributed by atoms with van der Waals surface area (Å²) in [5.74, 6) is 3.10. The quantitative estimate of drug-likeness (QED) is 0.682. The molecule has 2 aromatic rings. The van der Waals surface area contributed by atoms with E-state index in [9.17, 15) is 0 Å². The smallest absolute Gasteiger partial charge is 0.161 e. The van der Waals surface area contributed by atoms with Gasteiger partial charge in [0.05, 0.1) is 26.4 Å². The molecule has 0 saturated carbocycles. The van der Waals surface area contributed by atoms with Crippen molar-refractivity contribution >= 4 is 0 Å². The van der Waals surface area contributed by atoms with Crippen molar-refractivity contribution in [1.82, 2.24) is 0 Å². The van der Waals surface area contributed by atoms with Crippen molar-refractivity contribution in [3.8, 4) is 23.0 Å². The fourth-order valence-corrected chi connectivity index (χ4v) is 2.82. The zero-order chi connectivity index (χ0) is 18.6. The van der Waals surface area contributed by atoms with Crippen LogP contribution in [0.4, 0.5) is 0 Å². The molecule has 27 heavy (non-hydrogen) atoms. The minimum atomic E-state index is 0.472. The third-order valence-corrected chi connectivity index (χ3v) is 4.22. The van der Waals surface area contributed by atoms with Crippen molar-refractivity contribution in [2.45, 2.75) is 25.7 Å². The van der Waals surface area contributed by atoms with Gasteiger partial charge in [-0.3, -0.25) is 0 Å². The highest BCUT2D eigenvalue weighted by Gasteiger charge is 2.06. The van der Waals surface area contributed by atoms with E-state index in [4.69, 9.17) is 23.7 Å². The second-order valence-corrected chi connectivity index (χ2v) is 6.31. The molecule has 0 aromatic heterocycles. The Morgan fingerprint density at radius 3 is 1.19 bits per heavy atom. The van der Waals surface area contributed by atoms with Gasteiger partial charge >= 0.3 is 0 Å². The lowest BCUT2D eigenvalue weighted by atomic mass is 10.2. The van der Waals surface area contributed by atoms with Crippen LogP contribution in [0, 0.1) is 0 Å². The molecule has 0 aliphatic carbocycles. The lowest BCUT2D eigenvalue weighted by Crippen LogP contribution is -2.12. The molecular formula is C22H28O5. The molecule has 3 rings (SSSR count). The van der Waals surface area contributed by atoms with Crippen LogP contribution in [-0.4, -0.2) is 39.6 Å². The molecular weight excluding hydrogens is 344 g/mol. The maximum Gasteiger partial charge on any atom is 0.161 e. The second-order valence-electron chi connectivity index (χ2n) is 6.31. The first-order valence-corrected chi connectivity index (χ1v) is 9.70. The zero-order valence-corrected chi connectivity index (χ0v) is 15.7. The molecule has 1 heterocycles. The SMILES string of the molecule is c1ccc2c(c1)OCCCCCCOc1ccccc1OCCOCCO2. The van der Waals surface area contributed by atoms with Crippen LogP contribution in [0.5, 0.6) is 23.0 Å². The highest BCUT2D eigenvalue weighted by molar-refractivity contribution is 5.40. The van der Waals surface area contributed by atoms with Gasteiger partial charge in [0.25, 0.3) is 0 Å². The van der Waals surface area contributed by atoms with E-state index in [-0.39, 0.29) is 0 Å². The Balaban J connectivity index is 1.54. The average molecular weight is 372 g/mol. The van der Waals surface area contributed by atoms with E-state index in [0.717, 1.165) is 48.7 Å². The summed E-state index contributed by atoms with van der Waals surface area (Å²) in [4.78, 5) is 0. The lowest BCUT2D eigenvalue weighted by molar-refractivity contribution is 0.0746. The third kappa shape index (κ3) is 6.68. The maximum absolute atomic E-state index is 5.88. The number of benzene rings is 2. The summed E-state index contributed by atoms with van der Waals surface area (Å²) in [7, 11) is 0. The van der Waals surface area contributed by atoms with Crippen molar-refractivity contribution in [2.24, 2.45) is 0 Å². The van der Waals surface area contributed by atoms with Crippen LogP contribution >= 0.6 is 0 Å². The number of hydrogen-bond donors (Lipinski definition) is 0. The Morgan fingerprint density at radius 2 is 0.778 bits per heavy atom. The predicted octanol–water partition coefficient (Wildman–Crippen LogP) is 4.49. The standard InChI is InChI=1S/C22H28O5/c1-2-8-14-25-20-10-4-6-12-22(20)27-18-16-23-15-17-26-21-11-5-3-9-19(21)24-13-7-1/h3-6,9-12H,1-2,7-8,13-18H2. The molecule has 0 N–H and O–H groups in total. The van der Waals surface area contributed by atoms with Crippen LogP contribution in [-0.2, 0) is 4.74 Å². The van der Waals surface area contributed by atoms with Crippen LogP contribution in [0.1, 0.15) is 25.7 Å². The molecule has 0 amide bonds. The molecule has 1 aliphatic rings. The van der Waals surface area contributed by atoms with E-state index >= 15 is 0 Å². The molecule has 1 aliphatic heterocycles. The molecule has 0 spiro atoms. The Kier molecular flexibility index (Phi) is 8.13. The first-order valence-electron chi connectivity index (χ1n) is 9.70. The van der Waals surface area contributed by atoms with Crippen molar-refractivity contribution in [1.29, 1.82) is 0 Å². The van der Waals surface area contributed by atoms with Gasteiger partial charge in [0.1, 0.15) is 13.2 Å². The van der Waals surface area contributed by atoms with Crippen molar-refractivity contribution in [3.05, 3.63) is 48.5 Å². The summed E-state index contributed by atoms with van der Waals surface area (Å²) in [5, 5.41) is 0. The molecule has 0 saturated heterocycles.